The molecule has 3 heteroatoms. The standard InChI is InChI=1S/C20H27NO2/c1-16(15-18-8-12-20(23-3)13-9-18)21-14-4-5-17-6-10-19(22-2)11-7-17/h6-13,16,21H,4-5,14-15H2,1-3H3. The van der Waals surface area contributed by atoms with E-state index in [2.05, 4.69) is 36.5 Å². The quantitative estimate of drug-likeness (QED) is 0.713. The predicted molar refractivity (Wildman–Crippen MR) is 95.5 cm³/mol. The molecule has 0 bridgehead atoms. The first-order chi connectivity index (χ1) is 11.2. The Balaban J connectivity index is 1.66. The fraction of sp³-hybridized carbons (Fsp3) is 0.400. The van der Waals surface area contributed by atoms with Crippen LogP contribution in [0.3, 0.4) is 0 Å². The van der Waals surface area contributed by atoms with E-state index in [1.807, 2.05) is 24.3 Å². The molecule has 0 aliphatic rings. The molecule has 0 aliphatic heterocycles. The van der Waals surface area contributed by atoms with Gasteiger partial charge in [0, 0.05) is 6.04 Å². The summed E-state index contributed by atoms with van der Waals surface area (Å²) in [7, 11) is 3.39. The fourth-order valence-corrected chi connectivity index (χ4v) is 2.62. The highest BCUT2D eigenvalue weighted by Gasteiger charge is 2.03. The smallest absolute Gasteiger partial charge is 0.118 e. The third-order valence-corrected chi connectivity index (χ3v) is 4.00. The van der Waals surface area contributed by atoms with Crippen LogP contribution in [-0.2, 0) is 12.8 Å². The highest BCUT2D eigenvalue weighted by atomic mass is 16.5. The minimum absolute atomic E-state index is 0.472. The van der Waals surface area contributed by atoms with Crippen molar-refractivity contribution in [3.8, 4) is 11.5 Å². The molecule has 0 heterocycles. The van der Waals surface area contributed by atoms with Crippen molar-refractivity contribution in [1.82, 2.24) is 5.32 Å². The highest BCUT2D eigenvalue weighted by molar-refractivity contribution is 5.28. The van der Waals surface area contributed by atoms with E-state index in [1.165, 1.54) is 11.1 Å². The van der Waals surface area contributed by atoms with Crippen LogP contribution in [0, 0.1) is 0 Å². The Morgan fingerprint density at radius 1 is 0.826 bits per heavy atom. The monoisotopic (exact) mass is 313 g/mol. The van der Waals surface area contributed by atoms with Crippen molar-refractivity contribution in [3.05, 3.63) is 59.7 Å². The Morgan fingerprint density at radius 3 is 1.87 bits per heavy atom. The van der Waals surface area contributed by atoms with Crippen LogP contribution in [0.5, 0.6) is 11.5 Å². The number of benzene rings is 2. The minimum atomic E-state index is 0.472. The van der Waals surface area contributed by atoms with Gasteiger partial charge in [0.05, 0.1) is 14.2 Å². The number of hydrogen-bond acceptors (Lipinski definition) is 3. The first-order valence-electron chi connectivity index (χ1n) is 8.20. The van der Waals surface area contributed by atoms with Crippen molar-refractivity contribution in [2.24, 2.45) is 0 Å². The van der Waals surface area contributed by atoms with Crippen molar-refractivity contribution < 1.29 is 9.47 Å². The number of nitrogens with one attached hydrogen (secondary N) is 1. The van der Waals surface area contributed by atoms with Crippen LogP contribution in [0.1, 0.15) is 24.5 Å². The summed E-state index contributed by atoms with van der Waals surface area (Å²) in [5.74, 6) is 1.83. The van der Waals surface area contributed by atoms with Gasteiger partial charge >= 0.3 is 0 Å². The maximum absolute atomic E-state index is 5.19. The van der Waals surface area contributed by atoms with Gasteiger partial charge in [0.1, 0.15) is 11.5 Å². The Kier molecular flexibility index (Phi) is 6.95. The Bertz CT molecular complexity index is 563. The zero-order valence-electron chi connectivity index (χ0n) is 14.3. The van der Waals surface area contributed by atoms with Gasteiger partial charge in [0.2, 0.25) is 0 Å². The number of ether oxygens (including phenoxy) is 2. The lowest BCUT2D eigenvalue weighted by Crippen LogP contribution is -2.29. The lowest BCUT2D eigenvalue weighted by molar-refractivity contribution is 0.414. The minimum Gasteiger partial charge on any atom is -0.497 e. The van der Waals surface area contributed by atoms with Crippen molar-refractivity contribution in [1.29, 1.82) is 0 Å². The molecule has 0 amide bonds. The second-order valence-electron chi connectivity index (χ2n) is 5.86. The SMILES string of the molecule is COc1ccc(CCCNC(C)Cc2ccc(OC)cc2)cc1. The van der Waals surface area contributed by atoms with Gasteiger partial charge in [-0.2, -0.15) is 0 Å². The van der Waals surface area contributed by atoms with Gasteiger partial charge in [-0.25, -0.2) is 0 Å². The van der Waals surface area contributed by atoms with Crippen molar-refractivity contribution in [2.45, 2.75) is 32.2 Å². The summed E-state index contributed by atoms with van der Waals surface area (Å²) < 4.78 is 10.4. The summed E-state index contributed by atoms with van der Waals surface area (Å²) in [4.78, 5) is 0. The van der Waals surface area contributed by atoms with Crippen LogP contribution >= 0.6 is 0 Å². The summed E-state index contributed by atoms with van der Waals surface area (Å²) in [6.07, 6.45) is 3.26. The third kappa shape index (κ3) is 5.95. The molecule has 2 aromatic rings. The van der Waals surface area contributed by atoms with E-state index >= 15 is 0 Å². The molecule has 1 unspecified atom stereocenters. The molecule has 2 aromatic carbocycles. The zero-order valence-corrected chi connectivity index (χ0v) is 14.3. The fourth-order valence-electron chi connectivity index (χ4n) is 2.62. The molecule has 0 spiro atoms. The molecule has 3 nitrogen and oxygen atoms in total. The Morgan fingerprint density at radius 2 is 1.35 bits per heavy atom. The van der Waals surface area contributed by atoms with Crippen LogP contribution in [0.2, 0.25) is 0 Å². The van der Waals surface area contributed by atoms with E-state index in [-0.39, 0.29) is 0 Å². The summed E-state index contributed by atoms with van der Waals surface area (Å²) in [6, 6.07) is 17.1. The van der Waals surface area contributed by atoms with Crippen LogP contribution in [0.25, 0.3) is 0 Å². The molecule has 0 radical (unpaired) electrons. The molecule has 23 heavy (non-hydrogen) atoms. The lowest BCUT2D eigenvalue weighted by Gasteiger charge is -2.14. The predicted octanol–water partition coefficient (Wildman–Crippen LogP) is 3.86. The number of aryl methyl sites for hydroxylation is 1. The molecule has 1 atom stereocenters. The Labute approximate surface area is 139 Å². The van der Waals surface area contributed by atoms with Gasteiger partial charge in [0.15, 0.2) is 0 Å². The van der Waals surface area contributed by atoms with Gasteiger partial charge in [-0.1, -0.05) is 24.3 Å². The van der Waals surface area contributed by atoms with Crippen LogP contribution in [0.15, 0.2) is 48.5 Å². The number of hydrogen-bond donors (Lipinski definition) is 1. The molecule has 124 valence electrons. The second-order valence-corrected chi connectivity index (χ2v) is 5.86. The van der Waals surface area contributed by atoms with E-state index in [0.29, 0.717) is 6.04 Å². The first kappa shape index (κ1) is 17.4. The summed E-state index contributed by atoms with van der Waals surface area (Å²) in [5.41, 5.74) is 2.69. The molecule has 0 saturated carbocycles. The number of rotatable bonds is 9. The van der Waals surface area contributed by atoms with E-state index in [1.54, 1.807) is 14.2 Å². The molecular weight excluding hydrogens is 286 g/mol. The number of methoxy groups -OCH3 is 2. The average molecular weight is 313 g/mol. The Hall–Kier alpha value is -2.00. The zero-order chi connectivity index (χ0) is 16.5. The van der Waals surface area contributed by atoms with Crippen molar-refractivity contribution in [3.63, 3.8) is 0 Å². The van der Waals surface area contributed by atoms with Gasteiger partial charge in [-0.05, 0) is 68.1 Å². The average Bonchev–Trinajstić information content (AvgIpc) is 2.60. The lowest BCUT2D eigenvalue weighted by atomic mass is 10.1. The van der Waals surface area contributed by atoms with E-state index < -0.39 is 0 Å². The maximum Gasteiger partial charge on any atom is 0.118 e. The van der Waals surface area contributed by atoms with Gasteiger partial charge < -0.3 is 14.8 Å². The van der Waals surface area contributed by atoms with E-state index in [0.717, 1.165) is 37.3 Å². The topological polar surface area (TPSA) is 30.5 Å². The molecule has 0 aliphatic carbocycles. The summed E-state index contributed by atoms with van der Waals surface area (Å²) >= 11 is 0. The molecule has 1 N–H and O–H groups in total. The van der Waals surface area contributed by atoms with E-state index in [4.69, 9.17) is 9.47 Å². The van der Waals surface area contributed by atoms with Crippen LogP contribution in [-0.4, -0.2) is 26.8 Å². The second kappa shape index (κ2) is 9.21. The van der Waals surface area contributed by atoms with Crippen molar-refractivity contribution >= 4 is 0 Å². The maximum atomic E-state index is 5.19. The van der Waals surface area contributed by atoms with Crippen LogP contribution in [0.4, 0.5) is 0 Å². The molecular formula is C20H27NO2. The van der Waals surface area contributed by atoms with Crippen molar-refractivity contribution in [2.75, 3.05) is 20.8 Å². The van der Waals surface area contributed by atoms with Gasteiger partial charge in [-0.3, -0.25) is 0 Å². The largest absolute Gasteiger partial charge is 0.497 e. The molecule has 0 fully saturated rings. The summed E-state index contributed by atoms with van der Waals surface area (Å²) in [6.45, 7) is 3.26. The molecule has 0 aromatic heterocycles. The third-order valence-electron chi connectivity index (χ3n) is 4.00. The highest BCUT2D eigenvalue weighted by Crippen LogP contribution is 2.13. The summed E-state index contributed by atoms with van der Waals surface area (Å²) in [5, 5.41) is 3.60. The van der Waals surface area contributed by atoms with E-state index in [9.17, 15) is 0 Å². The first-order valence-corrected chi connectivity index (χ1v) is 8.20. The molecule has 2 rings (SSSR count). The molecule has 0 saturated heterocycles. The van der Waals surface area contributed by atoms with Crippen LogP contribution < -0.4 is 14.8 Å². The van der Waals surface area contributed by atoms with Gasteiger partial charge in [0.25, 0.3) is 0 Å². The normalized spacial score (nSPS) is 12.0. The van der Waals surface area contributed by atoms with Gasteiger partial charge in [-0.15, -0.1) is 0 Å².